The number of nitrogens with two attached hydrogens (primary N) is 2. The van der Waals surface area contributed by atoms with Crippen LogP contribution in [0.15, 0.2) is 60.7 Å². The number of thioether (sulfide) groups is 1. The van der Waals surface area contributed by atoms with Crippen LogP contribution < -0.4 is 11.5 Å². The molecule has 4 N–H and O–H groups in total. The summed E-state index contributed by atoms with van der Waals surface area (Å²) in [6, 6.07) is 19.9. The number of carbonyl (C=O) groups excluding carboxylic acids is 2. The first-order chi connectivity index (χ1) is 13.1. The van der Waals surface area contributed by atoms with Gasteiger partial charge in [0.25, 0.3) is 0 Å². The third-order valence-corrected chi connectivity index (χ3v) is 5.72. The molecule has 0 aliphatic rings. The van der Waals surface area contributed by atoms with E-state index in [1.807, 2.05) is 60.7 Å². The summed E-state index contributed by atoms with van der Waals surface area (Å²) < 4.78 is 0. The van der Waals surface area contributed by atoms with Crippen LogP contribution in [0.5, 0.6) is 0 Å². The van der Waals surface area contributed by atoms with E-state index in [0.29, 0.717) is 12.8 Å². The van der Waals surface area contributed by atoms with E-state index in [9.17, 15) is 9.59 Å². The predicted molar refractivity (Wildman–Crippen MR) is 112 cm³/mol. The van der Waals surface area contributed by atoms with Gasteiger partial charge in [0.1, 0.15) is 0 Å². The van der Waals surface area contributed by atoms with E-state index in [4.69, 9.17) is 11.5 Å². The molecule has 0 saturated carbocycles. The minimum Gasteiger partial charge on any atom is -0.369 e. The molecule has 0 saturated heterocycles. The summed E-state index contributed by atoms with van der Waals surface area (Å²) in [5, 5.41) is 0. The summed E-state index contributed by atoms with van der Waals surface area (Å²) >= 11 is 1.75. The molecule has 2 amide bonds. The standard InChI is InChI=1S/C22H28N2O2S/c23-21(25)19(15-17-7-3-1-4-8-17)11-13-27-14-12-20(22(24)26)16-18-9-5-2-6-10-18/h1-10,19-20H,11-16H2,(H2,23,25)(H2,24,26). The summed E-state index contributed by atoms with van der Waals surface area (Å²) in [4.78, 5) is 23.4. The van der Waals surface area contributed by atoms with Gasteiger partial charge in [-0.1, -0.05) is 60.7 Å². The average Bonchev–Trinajstić information content (AvgIpc) is 2.67. The van der Waals surface area contributed by atoms with Crippen molar-refractivity contribution in [3.63, 3.8) is 0 Å². The van der Waals surface area contributed by atoms with E-state index < -0.39 is 0 Å². The Labute approximate surface area is 165 Å². The second-order valence-electron chi connectivity index (χ2n) is 6.77. The minimum atomic E-state index is -0.251. The fourth-order valence-electron chi connectivity index (χ4n) is 3.04. The quantitative estimate of drug-likeness (QED) is 0.551. The zero-order valence-corrected chi connectivity index (χ0v) is 16.4. The van der Waals surface area contributed by atoms with E-state index in [1.54, 1.807) is 11.8 Å². The summed E-state index contributed by atoms with van der Waals surface area (Å²) in [5.41, 5.74) is 13.4. The van der Waals surface area contributed by atoms with Gasteiger partial charge in [-0.2, -0.15) is 11.8 Å². The number of amides is 2. The molecule has 0 aromatic heterocycles. The van der Waals surface area contributed by atoms with Crippen LogP contribution in [0, 0.1) is 11.8 Å². The lowest BCUT2D eigenvalue weighted by Gasteiger charge is -2.15. The van der Waals surface area contributed by atoms with E-state index in [-0.39, 0.29) is 23.7 Å². The Balaban J connectivity index is 1.73. The molecule has 0 aliphatic heterocycles. The molecule has 0 radical (unpaired) electrons. The molecule has 2 atom stereocenters. The fraction of sp³-hybridized carbons (Fsp3) is 0.364. The van der Waals surface area contributed by atoms with Crippen molar-refractivity contribution in [2.75, 3.05) is 11.5 Å². The first kappa shape index (κ1) is 21.0. The van der Waals surface area contributed by atoms with Gasteiger partial charge in [0.15, 0.2) is 0 Å². The molecule has 2 unspecified atom stereocenters. The lowest BCUT2D eigenvalue weighted by Crippen LogP contribution is -2.26. The lowest BCUT2D eigenvalue weighted by atomic mass is 9.96. The molecule has 2 rings (SSSR count). The highest BCUT2D eigenvalue weighted by molar-refractivity contribution is 7.99. The smallest absolute Gasteiger partial charge is 0.220 e. The molecule has 27 heavy (non-hydrogen) atoms. The van der Waals surface area contributed by atoms with Crippen molar-refractivity contribution in [2.24, 2.45) is 23.3 Å². The van der Waals surface area contributed by atoms with Crippen molar-refractivity contribution < 1.29 is 9.59 Å². The maximum atomic E-state index is 11.7. The maximum absolute atomic E-state index is 11.7. The van der Waals surface area contributed by atoms with Gasteiger partial charge in [-0.05, 0) is 48.3 Å². The van der Waals surface area contributed by atoms with Crippen LogP contribution in [0.2, 0.25) is 0 Å². The molecular formula is C22H28N2O2S. The van der Waals surface area contributed by atoms with Crippen molar-refractivity contribution in [3.8, 4) is 0 Å². The molecular weight excluding hydrogens is 356 g/mol. The predicted octanol–water partition coefficient (Wildman–Crippen LogP) is 3.19. The number of rotatable bonds is 12. The Kier molecular flexibility index (Phi) is 8.92. The molecule has 144 valence electrons. The Morgan fingerprint density at radius 1 is 0.704 bits per heavy atom. The SMILES string of the molecule is NC(=O)C(CCSCCC(Cc1ccccc1)C(N)=O)Cc1ccccc1. The third kappa shape index (κ3) is 7.87. The number of hydrogen-bond donors (Lipinski definition) is 2. The topological polar surface area (TPSA) is 86.2 Å². The molecule has 4 nitrogen and oxygen atoms in total. The number of hydrogen-bond acceptors (Lipinski definition) is 3. The van der Waals surface area contributed by atoms with Crippen LogP contribution in [0.3, 0.4) is 0 Å². The largest absolute Gasteiger partial charge is 0.369 e. The summed E-state index contributed by atoms with van der Waals surface area (Å²) in [6.45, 7) is 0. The number of benzene rings is 2. The van der Waals surface area contributed by atoms with E-state index in [1.165, 1.54) is 0 Å². The molecule has 2 aromatic carbocycles. The van der Waals surface area contributed by atoms with Crippen molar-refractivity contribution in [1.82, 2.24) is 0 Å². The molecule has 0 spiro atoms. The van der Waals surface area contributed by atoms with Crippen LogP contribution in [-0.4, -0.2) is 23.3 Å². The van der Waals surface area contributed by atoms with Crippen LogP contribution in [-0.2, 0) is 22.4 Å². The molecule has 5 heteroatoms. The second kappa shape index (κ2) is 11.4. The van der Waals surface area contributed by atoms with Crippen LogP contribution in [0.1, 0.15) is 24.0 Å². The molecule has 0 bridgehead atoms. The van der Waals surface area contributed by atoms with Crippen LogP contribution >= 0.6 is 11.8 Å². The van der Waals surface area contributed by atoms with Crippen molar-refractivity contribution in [1.29, 1.82) is 0 Å². The minimum absolute atomic E-state index is 0.156. The van der Waals surface area contributed by atoms with Gasteiger partial charge in [-0.3, -0.25) is 9.59 Å². The Bertz CT molecular complexity index is 645. The summed E-state index contributed by atoms with van der Waals surface area (Å²) in [5.74, 6) is 0.874. The van der Waals surface area contributed by atoms with Gasteiger partial charge in [0, 0.05) is 11.8 Å². The van der Waals surface area contributed by atoms with E-state index >= 15 is 0 Å². The zero-order valence-electron chi connectivity index (χ0n) is 15.6. The zero-order chi connectivity index (χ0) is 19.5. The van der Waals surface area contributed by atoms with Gasteiger partial charge in [-0.15, -0.1) is 0 Å². The average molecular weight is 385 g/mol. The summed E-state index contributed by atoms with van der Waals surface area (Å²) in [6.07, 6.45) is 2.84. The maximum Gasteiger partial charge on any atom is 0.220 e. The Morgan fingerprint density at radius 2 is 1.07 bits per heavy atom. The van der Waals surface area contributed by atoms with Gasteiger partial charge in [0.2, 0.25) is 11.8 Å². The number of primary amides is 2. The Morgan fingerprint density at radius 3 is 1.41 bits per heavy atom. The van der Waals surface area contributed by atoms with E-state index in [2.05, 4.69) is 0 Å². The van der Waals surface area contributed by atoms with Gasteiger partial charge >= 0.3 is 0 Å². The van der Waals surface area contributed by atoms with Crippen molar-refractivity contribution in [3.05, 3.63) is 71.8 Å². The normalized spacial score (nSPS) is 13.0. The number of carbonyl (C=O) groups is 2. The monoisotopic (exact) mass is 384 g/mol. The lowest BCUT2D eigenvalue weighted by molar-refractivity contribution is -0.122. The van der Waals surface area contributed by atoms with Crippen LogP contribution in [0.25, 0.3) is 0 Å². The van der Waals surface area contributed by atoms with E-state index in [0.717, 1.165) is 35.5 Å². The van der Waals surface area contributed by atoms with Crippen molar-refractivity contribution >= 4 is 23.6 Å². The van der Waals surface area contributed by atoms with Crippen LogP contribution in [0.4, 0.5) is 0 Å². The second-order valence-corrected chi connectivity index (χ2v) is 7.99. The molecule has 0 aliphatic carbocycles. The molecule has 0 heterocycles. The highest BCUT2D eigenvalue weighted by Gasteiger charge is 2.18. The molecule has 0 fully saturated rings. The fourth-order valence-corrected chi connectivity index (χ4v) is 4.15. The van der Waals surface area contributed by atoms with Gasteiger partial charge < -0.3 is 11.5 Å². The third-order valence-electron chi connectivity index (χ3n) is 4.68. The highest BCUT2D eigenvalue weighted by atomic mass is 32.2. The van der Waals surface area contributed by atoms with Crippen molar-refractivity contribution in [2.45, 2.75) is 25.7 Å². The summed E-state index contributed by atoms with van der Waals surface area (Å²) in [7, 11) is 0. The first-order valence-corrected chi connectivity index (χ1v) is 10.5. The first-order valence-electron chi connectivity index (χ1n) is 9.30. The van der Waals surface area contributed by atoms with Gasteiger partial charge in [0.05, 0.1) is 0 Å². The highest BCUT2D eigenvalue weighted by Crippen LogP contribution is 2.19. The Hall–Kier alpha value is -2.27. The van der Waals surface area contributed by atoms with Gasteiger partial charge in [-0.25, -0.2) is 0 Å². The molecule has 2 aromatic rings.